The molecule has 1 aromatic carbocycles. The Bertz CT molecular complexity index is 557. The van der Waals surface area contributed by atoms with E-state index in [0.717, 1.165) is 18.7 Å². The van der Waals surface area contributed by atoms with Crippen LogP contribution in [0.2, 0.25) is 0 Å². The van der Waals surface area contributed by atoms with E-state index in [9.17, 15) is 13.5 Å². The molecule has 2 atom stereocenters. The number of rotatable bonds is 4. The summed E-state index contributed by atoms with van der Waals surface area (Å²) in [7, 11) is 0.324. The Morgan fingerprint density at radius 2 is 1.95 bits per heavy atom. The van der Waals surface area contributed by atoms with Gasteiger partial charge in [-0.15, -0.1) is 0 Å². The van der Waals surface area contributed by atoms with Crippen LogP contribution in [-0.4, -0.2) is 57.8 Å². The fourth-order valence-electron chi connectivity index (χ4n) is 2.63. The van der Waals surface area contributed by atoms with E-state index >= 15 is 0 Å². The third-order valence-electron chi connectivity index (χ3n) is 3.47. The average Bonchev–Trinajstić information content (AvgIpc) is 2.68. The first-order valence-electron chi connectivity index (χ1n) is 6.49. The molecule has 2 rings (SSSR count). The van der Waals surface area contributed by atoms with E-state index in [-0.39, 0.29) is 17.0 Å². The molecule has 2 unspecified atom stereocenters. The highest BCUT2D eigenvalue weighted by molar-refractivity contribution is 7.89. The first-order chi connectivity index (χ1) is 9.27. The van der Waals surface area contributed by atoms with Crippen molar-refractivity contribution in [1.29, 1.82) is 0 Å². The second-order valence-electron chi connectivity index (χ2n) is 5.50. The maximum Gasteiger partial charge on any atom is 0.238 e. The van der Waals surface area contributed by atoms with Gasteiger partial charge in [0, 0.05) is 24.8 Å². The fraction of sp³-hybridized carbons (Fsp3) is 0.538. The molecule has 0 aliphatic carbocycles. The minimum Gasteiger partial charge on any atom is -0.391 e. The van der Waals surface area contributed by atoms with E-state index in [4.69, 9.17) is 5.14 Å². The number of anilines is 1. The molecule has 112 valence electrons. The zero-order valence-corrected chi connectivity index (χ0v) is 12.5. The number of sulfonamides is 1. The quantitative estimate of drug-likeness (QED) is 0.806. The van der Waals surface area contributed by atoms with Crippen LogP contribution in [0.5, 0.6) is 0 Å². The van der Waals surface area contributed by atoms with Gasteiger partial charge in [-0.05, 0) is 44.8 Å². The second kappa shape index (κ2) is 5.69. The minimum absolute atomic E-state index is 0.102. The molecule has 6 nitrogen and oxygen atoms in total. The number of likely N-dealkylation sites (N-methyl/N-ethyl adjacent to an activating group) is 1. The van der Waals surface area contributed by atoms with Gasteiger partial charge in [-0.25, -0.2) is 13.6 Å². The zero-order chi connectivity index (χ0) is 14.9. The van der Waals surface area contributed by atoms with E-state index in [1.54, 1.807) is 12.1 Å². The molecule has 0 bridgehead atoms. The van der Waals surface area contributed by atoms with Gasteiger partial charge in [-0.1, -0.05) is 0 Å². The first kappa shape index (κ1) is 15.2. The maximum absolute atomic E-state index is 11.2. The Hall–Kier alpha value is -1.15. The number of hydrogen-bond acceptors (Lipinski definition) is 5. The van der Waals surface area contributed by atoms with Gasteiger partial charge < -0.3 is 14.9 Å². The first-order valence-corrected chi connectivity index (χ1v) is 8.04. The number of nitrogens with two attached hydrogens (primary N) is 1. The van der Waals surface area contributed by atoms with Crippen LogP contribution in [-0.2, 0) is 10.0 Å². The van der Waals surface area contributed by atoms with Gasteiger partial charge in [0.05, 0.1) is 11.0 Å². The molecular formula is C13H21N3O3S. The van der Waals surface area contributed by atoms with E-state index in [2.05, 4.69) is 9.80 Å². The Morgan fingerprint density at radius 3 is 2.45 bits per heavy atom. The van der Waals surface area contributed by atoms with Crippen molar-refractivity contribution in [2.24, 2.45) is 5.14 Å². The van der Waals surface area contributed by atoms with Gasteiger partial charge in [0.2, 0.25) is 10.0 Å². The number of primary sulfonamides is 1. The van der Waals surface area contributed by atoms with Crippen molar-refractivity contribution in [2.45, 2.75) is 23.5 Å². The van der Waals surface area contributed by atoms with Crippen molar-refractivity contribution in [3.8, 4) is 0 Å². The minimum atomic E-state index is -3.66. The highest BCUT2D eigenvalue weighted by Gasteiger charge is 2.31. The van der Waals surface area contributed by atoms with E-state index in [1.807, 2.05) is 14.1 Å². The molecule has 0 radical (unpaired) electrons. The van der Waals surface area contributed by atoms with Gasteiger partial charge in [0.1, 0.15) is 0 Å². The highest BCUT2D eigenvalue weighted by atomic mass is 32.2. The fourth-order valence-corrected chi connectivity index (χ4v) is 3.15. The molecule has 0 aromatic heterocycles. The number of benzene rings is 1. The normalized spacial score (nSPS) is 23.6. The Morgan fingerprint density at radius 1 is 1.35 bits per heavy atom. The molecule has 1 saturated heterocycles. The summed E-state index contributed by atoms with van der Waals surface area (Å²) in [5.41, 5.74) is 0.904. The Labute approximate surface area is 119 Å². The molecule has 1 aromatic rings. The van der Waals surface area contributed by atoms with Crippen molar-refractivity contribution < 1.29 is 13.5 Å². The summed E-state index contributed by atoms with van der Waals surface area (Å²) >= 11 is 0. The summed E-state index contributed by atoms with van der Waals surface area (Å²) in [6.45, 7) is 1.40. The van der Waals surface area contributed by atoms with Crippen molar-refractivity contribution in [3.05, 3.63) is 24.3 Å². The van der Waals surface area contributed by atoms with Crippen LogP contribution in [0, 0.1) is 0 Å². The third-order valence-corrected chi connectivity index (χ3v) is 4.39. The topological polar surface area (TPSA) is 86.9 Å². The molecule has 1 fully saturated rings. The van der Waals surface area contributed by atoms with Gasteiger partial charge >= 0.3 is 0 Å². The van der Waals surface area contributed by atoms with Crippen molar-refractivity contribution in [2.75, 3.05) is 32.1 Å². The van der Waals surface area contributed by atoms with Crippen LogP contribution in [0.4, 0.5) is 5.69 Å². The largest absolute Gasteiger partial charge is 0.391 e. The molecule has 0 amide bonds. The number of aliphatic hydroxyl groups is 1. The van der Waals surface area contributed by atoms with Gasteiger partial charge in [-0.3, -0.25) is 0 Å². The lowest BCUT2D eigenvalue weighted by Crippen LogP contribution is -2.37. The average molecular weight is 299 g/mol. The number of nitrogens with zero attached hydrogens (tertiary/aromatic N) is 2. The van der Waals surface area contributed by atoms with Crippen LogP contribution >= 0.6 is 0 Å². The summed E-state index contributed by atoms with van der Waals surface area (Å²) in [6.07, 6.45) is 0.368. The van der Waals surface area contributed by atoms with Gasteiger partial charge in [-0.2, -0.15) is 0 Å². The Kier molecular flexibility index (Phi) is 4.33. The SMILES string of the molecule is CN(C)CC1CC(O)CN1c1ccc(S(N)(=O)=O)cc1. The monoisotopic (exact) mass is 299 g/mol. The standard InChI is InChI=1S/C13H21N3O3S/c1-15(2)8-11-7-12(17)9-16(11)10-3-5-13(6-4-10)20(14,18)19/h3-6,11-12,17H,7-9H2,1-2H3,(H2,14,18,19). The number of aliphatic hydroxyl groups excluding tert-OH is 1. The lowest BCUT2D eigenvalue weighted by atomic mass is 10.2. The zero-order valence-electron chi connectivity index (χ0n) is 11.7. The molecule has 1 heterocycles. The van der Waals surface area contributed by atoms with E-state index < -0.39 is 10.0 Å². The summed E-state index contributed by atoms with van der Waals surface area (Å²) < 4.78 is 22.5. The molecule has 0 spiro atoms. The van der Waals surface area contributed by atoms with Gasteiger partial charge in [0.15, 0.2) is 0 Å². The summed E-state index contributed by atoms with van der Waals surface area (Å²) in [6, 6.07) is 6.70. The number of β-amino-alcohol motifs (C(OH)–C–C–N with tert-alkyl or cyclic N) is 1. The van der Waals surface area contributed by atoms with Crippen molar-refractivity contribution in [3.63, 3.8) is 0 Å². The Balaban J connectivity index is 2.21. The van der Waals surface area contributed by atoms with Crippen LogP contribution in [0.1, 0.15) is 6.42 Å². The van der Waals surface area contributed by atoms with E-state index in [0.29, 0.717) is 6.54 Å². The van der Waals surface area contributed by atoms with Crippen LogP contribution in [0.15, 0.2) is 29.2 Å². The summed E-state index contributed by atoms with van der Waals surface area (Å²) in [5.74, 6) is 0. The van der Waals surface area contributed by atoms with Crippen molar-refractivity contribution in [1.82, 2.24) is 4.90 Å². The molecule has 0 saturated carbocycles. The predicted molar refractivity (Wildman–Crippen MR) is 78.1 cm³/mol. The lowest BCUT2D eigenvalue weighted by molar-refractivity contribution is 0.191. The highest BCUT2D eigenvalue weighted by Crippen LogP contribution is 2.27. The van der Waals surface area contributed by atoms with Crippen LogP contribution in [0.25, 0.3) is 0 Å². The van der Waals surface area contributed by atoms with Crippen molar-refractivity contribution >= 4 is 15.7 Å². The summed E-state index contributed by atoms with van der Waals surface area (Å²) in [4.78, 5) is 4.29. The maximum atomic E-state index is 11.2. The molecule has 20 heavy (non-hydrogen) atoms. The number of hydrogen-bond donors (Lipinski definition) is 2. The molecule has 1 aliphatic rings. The summed E-state index contributed by atoms with van der Waals surface area (Å²) in [5, 5.41) is 14.9. The predicted octanol–water partition coefficient (Wildman–Crippen LogP) is -0.165. The molecule has 3 N–H and O–H groups in total. The smallest absolute Gasteiger partial charge is 0.238 e. The third kappa shape index (κ3) is 3.49. The van der Waals surface area contributed by atoms with E-state index in [1.165, 1.54) is 12.1 Å². The van der Waals surface area contributed by atoms with Crippen LogP contribution < -0.4 is 10.0 Å². The molecular weight excluding hydrogens is 278 g/mol. The molecule has 1 aliphatic heterocycles. The molecule has 7 heteroatoms. The second-order valence-corrected chi connectivity index (χ2v) is 7.06. The van der Waals surface area contributed by atoms with Gasteiger partial charge in [0.25, 0.3) is 0 Å². The van der Waals surface area contributed by atoms with Crippen LogP contribution in [0.3, 0.4) is 0 Å². The lowest BCUT2D eigenvalue weighted by Gasteiger charge is -2.28.